The molecule has 0 radical (unpaired) electrons. The SMILES string of the molecule is Cc1nc2ccc(C3(C)CC3)nc2n2c(-c3cc(C(C)(C)O)ccc3F)ncc12. The number of nitrogens with zero attached hydrogens (tertiary/aromatic N) is 4. The number of hydrogen-bond donors (Lipinski definition) is 1. The van der Waals surface area contributed by atoms with E-state index in [1.807, 2.05) is 23.5 Å². The normalized spacial score (nSPS) is 15.9. The Labute approximate surface area is 168 Å². The van der Waals surface area contributed by atoms with Gasteiger partial charge in [0.2, 0.25) is 0 Å². The van der Waals surface area contributed by atoms with E-state index in [1.54, 1.807) is 32.2 Å². The molecule has 0 bridgehead atoms. The Morgan fingerprint density at radius 3 is 2.59 bits per heavy atom. The third-order valence-corrected chi connectivity index (χ3v) is 6.02. The fourth-order valence-electron chi connectivity index (χ4n) is 3.80. The summed E-state index contributed by atoms with van der Waals surface area (Å²) in [6.45, 7) is 7.49. The molecule has 1 aromatic carbocycles. The Kier molecular flexibility index (Phi) is 3.65. The Hall–Kier alpha value is -2.86. The molecular formula is C23H23FN4O. The van der Waals surface area contributed by atoms with Gasteiger partial charge in [0, 0.05) is 11.1 Å². The van der Waals surface area contributed by atoms with Crippen LogP contribution in [-0.4, -0.2) is 24.5 Å². The van der Waals surface area contributed by atoms with Crippen LogP contribution in [-0.2, 0) is 11.0 Å². The lowest BCUT2D eigenvalue weighted by atomic mass is 9.96. The highest BCUT2D eigenvalue weighted by atomic mass is 19.1. The van der Waals surface area contributed by atoms with Gasteiger partial charge < -0.3 is 5.11 Å². The van der Waals surface area contributed by atoms with Gasteiger partial charge in [0.25, 0.3) is 0 Å². The molecule has 148 valence electrons. The molecule has 0 amide bonds. The molecule has 0 unspecified atom stereocenters. The first-order valence-corrected chi connectivity index (χ1v) is 9.85. The maximum absolute atomic E-state index is 14.9. The zero-order chi connectivity index (χ0) is 20.6. The topological polar surface area (TPSA) is 63.3 Å². The van der Waals surface area contributed by atoms with Crippen molar-refractivity contribution in [2.24, 2.45) is 0 Å². The van der Waals surface area contributed by atoms with Gasteiger partial charge in [0.05, 0.1) is 28.6 Å². The van der Waals surface area contributed by atoms with Crippen LogP contribution in [0, 0.1) is 12.7 Å². The molecule has 0 spiro atoms. The van der Waals surface area contributed by atoms with E-state index in [9.17, 15) is 9.50 Å². The second kappa shape index (κ2) is 5.83. The first-order chi connectivity index (χ1) is 13.7. The zero-order valence-electron chi connectivity index (χ0n) is 17.0. The fourth-order valence-corrected chi connectivity index (χ4v) is 3.80. The van der Waals surface area contributed by atoms with Crippen molar-refractivity contribution in [1.82, 2.24) is 19.4 Å². The molecule has 5 rings (SSSR count). The summed E-state index contributed by atoms with van der Waals surface area (Å²) in [4.78, 5) is 14.1. The van der Waals surface area contributed by atoms with Crippen LogP contribution in [0.4, 0.5) is 4.39 Å². The van der Waals surface area contributed by atoms with Gasteiger partial charge in [-0.05, 0) is 63.4 Å². The van der Waals surface area contributed by atoms with Crippen molar-refractivity contribution >= 4 is 16.7 Å². The molecule has 6 heteroatoms. The number of fused-ring (bicyclic) bond motifs is 3. The van der Waals surface area contributed by atoms with Crippen LogP contribution in [0.25, 0.3) is 28.1 Å². The summed E-state index contributed by atoms with van der Waals surface area (Å²) in [6, 6.07) is 8.67. The van der Waals surface area contributed by atoms with Gasteiger partial charge in [-0.1, -0.05) is 13.0 Å². The number of aromatic nitrogens is 4. The highest BCUT2D eigenvalue weighted by molar-refractivity contribution is 5.80. The van der Waals surface area contributed by atoms with Gasteiger partial charge >= 0.3 is 0 Å². The van der Waals surface area contributed by atoms with Gasteiger partial charge in [-0.3, -0.25) is 4.40 Å². The average Bonchev–Trinajstić information content (AvgIpc) is 3.25. The molecule has 1 N–H and O–H groups in total. The second-order valence-corrected chi connectivity index (χ2v) is 8.85. The summed E-state index contributed by atoms with van der Waals surface area (Å²) in [5.41, 5.74) is 4.05. The first-order valence-electron chi connectivity index (χ1n) is 9.85. The Balaban J connectivity index is 1.84. The van der Waals surface area contributed by atoms with Crippen LogP contribution in [0.15, 0.2) is 36.5 Å². The molecule has 5 nitrogen and oxygen atoms in total. The minimum Gasteiger partial charge on any atom is -0.386 e. The van der Waals surface area contributed by atoms with E-state index in [-0.39, 0.29) is 5.41 Å². The summed E-state index contributed by atoms with van der Waals surface area (Å²) in [6.07, 6.45) is 3.94. The van der Waals surface area contributed by atoms with Crippen molar-refractivity contribution < 1.29 is 9.50 Å². The highest BCUT2D eigenvalue weighted by Gasteiger charge is 2.40. The Morgan fingerprint density at radius 1 is 1.14 bits per heavy atom. The van der Waals surface area contributed by atoms with Crippen molar-refractivity contribution in [3.05, 3.63) is 59.3 Å². The van der Waals surface area contributed by atoms with Crippen molar-refractivity contribution in [2.75, 3.05) is 0 Å². The number of halogens is 1. The standard InChI is InChI=1S/C23H23FN4O/c1-13-18-12-25-20(15-11-14(22(2,3)29)5-6-16(15)24)28(18)21-17(26-13)7-8-19(27-21)23(4)9-10-23/h5-8,11-12,29H,9-10H2,1-4H3. The number of rotatable bonds is 3. The number of benzene rings is 1. The molecule has 1 saturated carbocycles. The first kappa shape index (κ1) is 18.2. The number of imidazole rings is 1. The van der Waals surface area contributed by atoms with Crippen LogP contribution in [0.1, 0.15) is 50.6 Å². The molecule has 1 fully saturated rings. The van der Waals surface area contributed by atoms with Crippen LogP contribution in [0.3, 0.4) is 0 Å². The van der Waals surface area contributed by atoms with Crippen molar-refractivity contribution in [3.63, 3.8) is 0 Å². The quantitative estimate of drug-likeness (QED) is 0.552. The number of aryl methyl sites for hydroxylation is 1. The third-order valence-electron chi connectivity index (χ3n) is 6.02. The van der Waals surface area contributed by atoms with Crippen LogP contribution < -0.4 is 0 Å². The monoisotopic (exact) mass is 390 g/mol. The van der Waals surface area contributed by atoms with Gasteiger partial charge in [0.1, 0.15) is 17.2 Å². The van der Waals surface area contributed by atoms with E-state index in [2.05, 4.69) is 16.9 Å². The molecular weight excluding hydrogens is 367 g/mol. The van der Waals surface area contributed by atoms with Crippen molar-refractivity contribution in [1.29, 1.82) is 0 Å². The van der Waals surface area contributed by atoms with E-state index in [1.165, 1.54) is 6.07 Å². The zero-order valence-corrected chi connectivity index (χ0v) is 17.0. The lowest BCUT2D eigenvalue weighted by Crippen LogP contribution is -2.15. The van der Waals surface area contributed by atoms with E-state index < -0.39 is 11.4 Å². The Morgan fingerprint density at radius 2 is 1.90 bits per heavy atom. The molecule has 3 aromatic heterocycles. The number of hydrogen-bond acceptors (Lipinski definition) is 4. The van der Waals surface area contributed by atoms with Gasteiger partial charge in [-0.2, -0.15) is 0 Å². The van der Waals surface area contributed by atoms with Crippen LogP contribution in [0.5, 0.6) is 0 Å². The number of aliphatic hydroxyl groups is 1. The smallest absolute Gasteiger partial charge is 0.165 e. The highest BCUT2D eigenvalue weighted by Crippen LogP contribution is 2.47. The van der Waals surface area contributed by atoms with Crippen LogP contribution in [0.2, 0.25) is 0 Å². The minimum atomic E-state index is -1.08. The van der Waals surface area contributed by atoms with Crippen molar-refractivity contribution in [3.8, 4) is 11.4 Å². The molecule has 0 aliphatic heterocycles. The molecule has 29 heavy (non-hydrogen) atoms. The molecule has 0 atom stereocenters. The Bertz CT molecular complexity index is 1280. The van der Waals surface area contributed by atoms with E-state index >= 15 is 0 Å². The lowest BCUT2D eigenvalue weighted by Gasteiger charge is -2.19. The summed E-state index contributed by atoms with van der Waals surface area (Å²) >= 11 is 0. The number of pyridine rings is 1. The summed E-state index contributed by atoms with van der Waals surface area (Å²) in [5.74, 6) is 0.0723. The maximum atomic E-state index is 14.9. The fraction of sp³-hybridized carbons (Fsp3) is 0.348. The molecule has 1 aliphatic carbocycles. The van der Waals surface area contributed by atoms with Crippen LogP contribution >= 0.6 is 0 Å². The minimum absolute atomic E-state index is 0.109. The maximum Gasteiger partial charge on any atom is 0.165 e. The largest absolute Gasteiger partial charge is 0.386 e. The van der Waals surface area contributed by atoms with E-state index in [0.29, 0.717) is 22.6 Å². The lowest BCUT2D eigenvalue weighted by molar-refractivity contribution is 0.0786. The summed E-state index contributed by atoms with van der Waals surface area (Å²) in [7, 11) is 0. The summed E-state index contributed by atoms with van der Waals surface area (Å²) in [5, 5.41) is 10.4. The van der Waals surface area contributed by atoms with E-state index in [4.69, 9.17) is 4.98 Å². The van der Waals surface area contributed by atoms with Gasteiger partial charge in [0.15, 0.2) is 5.65 Å². The van der Waals surface area contributed by atoms with E-state index in [0.717, 1.165) is 35.3 Å². The molecule has 4 aromatic rings. The predicted molar refractivity (Wildman–Crippen MR) is 110 cm³/mol. The predicted octanol–water partition coefficient (Wildman–Crippen LogP) is 4.67. The average molecular weight is 390 g/mol. The second-order valence-electron chi connectivity index (χ2n) is 8.85. The van der Waals surface area contributed by atoms with Gasteiger partial charge in [-0.15, -0.1) is 0 Å². The molecule has 0 saturated heterocycles. The molecule has 3 heterocycles. The third kappa shape index (κ3) is 2.82. The van der Waals surface area contributed by atoms with Gasteiger partial charge in [-0.25, -0.2) is 19.3 Å². The summed E-state index contributed by atoms with van der Waals surface area (Å²) < 4.78 is 16.7. The molecule has 1 aliphatic rings. The van der Waals surface area contributed by atoms with Crippen molar-refractivity contribution in [2.45, 2.75) is 51.6 Å².